The Kier molecular flexibility index (Phi) is 71.3. The molecule has 0 aliphatic carbocycles. The molecule has 0 aliphatic heterocycles. The van der Waals surface area contributed by atoms with E-state index < -0.39 is 0 Å². The van der Waals surface area contributed by atoms with Crippen LogP contribution < -0.4 is 18.9 Å². The molecule has 4 heteroatoms. The average molecular weight is 160 g/mol. The third kappa shape index (κ3) is 8.82. The summed E-state index contributed by atoms with van der Waals surface area (Å²) in [6.45, 7) is 0. The molecule has 0 bridgehead atoms. The molecule has 18 valence electrons. The molecule has 0 rings (SSSR count). The van der Waals surface area contributed by atoms with Gasteiger partial charge in [0.1, 0.15) is 0 Å². The van der Waals surface area contributed by atoms with Crippen LogP contribution >= 0.6 is 11.6 Å². The monoisotopic (exact) mass is 160 g/mol. The predicted octanol–water partition coefficient (Wildman–Crippen LogP) is -3.31. The zero-order valence-electron chi connectivity index (χ0n) is 5.82. The molecule has 0 aromatic heterocycles. The van der Waals surface area contributed by atoms with E-state index in [1.165, 1.54) is 8.95 Å². The summed E-state index contributed by atoms with van der Waals surface area (Å²) in [6, 6.07) is 0. The SMILES string of the molecule is [H-].[H-].[H-].[Li+].[SiH2]=S.[Sr+2]. The van der Waals surface area contributed by atoms with Gasteiger partial charge in [0.25, 0.3) is 0 Å². The Morgan fingerprint density at radius 1 is 1.50 bits per heavy atom. The van der Waals surface area contributed by atoms with Crippen molar-refractivity contribution in [3.63, 3.8) is 0 Å². The van der Waals surface area contributed by atoms with Gasteiger partial charge in [-0.25, -0.2) is 0 Å². The topological polar surface area (TPSA) is 0 Å². The Balaban J connectivity index is -0.000000000500. The maximum Gasteiger partial charge on any atom is 2.00 e. The average Bonchev–Trinajstić information content (AvgIpc) is 1.00. The van der Waals surface area contributed by atoms with Gasteiger partial charge >= 0.3 is 64.3 Å². The molecule has 0 aromatic carbocycles. The van der Waals surface area contributed by atoms with Crippen LogP contribution in [0.25, 0.3) is 0 Å². The molecule has 0 aliphatic rings. The van der Waals surface area contributed by atoms with E-state index in [0.29, 0.717) is 0 Å². The third-order valence-electron chi connectivity index (χ3n) is 0. The van der Waals surface area contributed by atoms with Crippen molar-refractivity contribution in [2.45, 2.75) is 0 Å². The molecule has 0 nitrogen and oxygen atoms in total. The van der Waals surface area contributed by atoms with Crippen LogP contribution in [-0.2, 0) is 0 Å². The van der Waals surface area contributed by atoms with Crippen molar-refractivity contribution in [1.82, 2.24) is 0 Å². The number of hydrogen-bond donors (Lipinski definition) is 0. The third-order valence-corrected chi connectivity index (χ3v) is 0. The van der Waals surface area contributed by atoms with Crippen LogP contribution in [0.5, 0.6) is 0 Å². The Hall–Kier alpha value is 2.51. The van der Waals surface area contributed by atoms with Crippen molar-refractivity contribution in [1.29, 1.82) is 0 Å². The van der Waals surface area contributed by atoms with Gasteiger partial charge < -0.3 is 4.28 Å². The molecule has 0 fully saturated rings. The molecule has 0 heterocycles. The van der Waals surface area contributed by atoms with Crippen LogP contribution in [0.3, 0.4) is 0 Å². The molecule has 0 unspecified atom stereocenters. The molecule has 0 atom stereocenters. The Morgan fingerprint density at radius 3 is 1.50 bits per heavy atom. The fourth-order valence-corrected chi connectivity index (χ4v) is 0. The van der Waals surface area contributed by atoms with E-state index in [4.69, 9.17) is 0 Å². The first kappa shape index (κ1) is 16.0. The van der Waals surface area contributed by atoms with E-state index in [0.717, 1.165) is 0 Å². The summed E-state index contributed by atoms with van der Waals surface area (Å²) in [5.74, 6) is 0. The summed E-state index contributed by atoms with van der Waals surface area (Å²) in [7, 11) is 1.44. The van der Waals surface area contributed by atoms with Crippen LogP contribution in [0.4, 0.5) is 0 Å². The van der Waals surface area contributed by atoms with Crippen molar-refractivity contribution >= 4 is 66.1 Å². The minimum Gasteiger partial charge on any atom is -1.00 e. The summed E-state index contributed by atoms with van der Waals surface area (Å²) in [4.78, 5) is 0. The van der Waals surface area contributed by atoms with Gasteiger partial charge in [0.05, 0.1) is 8.95 Å². The zero-order chi connectivity index (χ0) is 2.00. The minimum atomic E-state index is 0. The van der Waals surface area contributed by atoms with Gasteiger partial charge in [0, 0.05) is 0 Å². The molecule has 0 saturated carbocycles. The zero-order valence-corrected chi connectivity index (χ0v) is 8.53. The number of hydrogen-bond acceptors (Lipinski definition) is 1. The van der Waals surface area contributed by atoms with Crippen molar-refractivity contribution in [3.8, 4) is 0 Å². The Bertz CT molecular complexity index is 14.9. The van der Waals surface area contributed by atoms with Crippen LogP contribution in [-0.4, -0.2) is 54.4 Å². The summed E-state index contributed by atoms with van der Waals surface area (Å²) in [6.07, 6.45) is 0. The molecule has 0 radical (unpaired) electrons. The van der Waals surface area contributed by atoms with E-state index in [2.05, 4.69) is 11.6 Å². The maximum atomic E-state index is 4.11. The second kappa shape index (κ2) is 17.8. The van der Waals surface area contributed by atoms with Crippen molar-refractivity contribution in [3.05, 3.63) is 0 Å². The van der Waals surface area contributed by atoms with Crippen LogP contribution in [0.1, 0.15) is 4.28 Å². The summed E-state index contributed by atoms with van der Waals surface area (Å²) < 4.78 is 0. The molecular weight excluding hydrogens is 155 g/mol. The number of rotatable bonds is 0. The first-order valence-electron chi connectivity index (χ1n) is 0.289. The van der Waals surface area contributed by atoms with Crippen LogP contribution in [0, 0.1) is 0 Å². The minimum absolute atomic E-state index is 0. The summed E-state index contributed by atoms with van der Waals surface area (Å²) >= 11 is 4.11. The van der Waals surface area contributed by atoms with E-state index in [1.54, 1.807) is 0 Å². The Morgan fingerprint density at radius 2 is 1.50 bits per heavy atom. The van der Waals surface area contributed by atoms with Crippen LogP contribution in [0.15, 0.2) is 0 Å². The molecular formula is H5LiSSiSr. The van der Waals surface area contributed by atoms with E-state index in [-0.39, 0.29) is 68.6 Å². The Labute approximate surface area is 87.6 Å². The van der Waals surface area contributed by atoms with E-state index in [1.807, 2.05) is 0 Å². The first-order valence-corrected chi connectivity index (χ1v) is 2.60. The smallest absolute Gasteiger partial charge is 1.00 e. The van der Waals surface area contributed by atoms with Gasteiger partial charge in [-0.05, 0) is 0 Å². The fraction of sp³-hybridized carbons (Fsp3) is 0. The normalized spacial score (nSPS) is 1.00. The van der Waals surface area contributed by atoms with Gasteiger partial charge in [0.2, 0.25) is 0 Å². The molecule has 0 spiro atoms. The predicted molar refractivity (Wildman–Crippen MR) is 25.2 cm³/mol. The second-order valence-electron chi connectivity index (χ2n) is 0. The molecule has 0 aromatic rings. The fourth-order valence-electron chi connectivity index (χ4n) is 0. The largest absolute Gasteiger partial charge is 2.00 e. The van der Waals surface area contributed by atoms with Crippen molar-refractivity contribution in [2.75, 3.05) is 0 Å². The molecule has 0 saturated heterocycles. The maximum absolute atomic E-state index is 4.11. The second-order valence-corrected chi connectivity index (χ2v) is 0. The van der Waals surface area contributed by atoms with Gasteiger partial charge in [-0.3, -0.25) is 0 Å². The van der Waals surface area contributed by atoms with Gasteiger partial charge in [-0.15, -0.1) is 11.6 Å². The quantitative estimate of drug-likeness (QED) is 0.334. The molecule has 0 N–H and O–H groups in total. The van der Waals surface area contributed by atoms with Gasteiger partial charge in [0.15, 0.2) is 0 Å². The molecule has 4 heavy (non-hydrogen) atoms. The molecule has 0 amide bonds. The standard InChI is InChI=1S/Li.H2SSi.Sr.3H/c;1-2;;;;/h;2H2;;;;/q+1;;+2;3*-1. The van der Waals surface area contributed by atoms with E-state index in [9.17, 15) is 0 Å². The van der Waals surface area contributed by atoms with Crippen molar-refractivity contribution in [2.24, 2.45) is 0 Å². The first-order chi connectivity index (χ1) is 1.00. The van der Waals surface area contributed by atoms with E-state index >= 15 is 0 Å². The summed E-state index contributed by atoms with van der Waals surface area (Å²) in [5, 5.41) is 0. The van der Waals surface area contributed by atoms with Gasteiger partial charge in [-0.1, -0.05) is 0 Å². The summed E-state index contributed by atoms with van der Waals surface area (Å²) in [5.41, 5.74) is 0. The van der Waals surface area contributed by atoms with Crippen LogP contribution in [0.2, 0.25) is 0 Å². The van der Waals surface area contributed by atoms with Crippen molar-refractivity contribution < 1.29 is 23.1 Å². The van der Waals surface area contributed by atoms with Gasteiger partial charge in [-0.2, -0.15) is 0 Å².